The number of benzene rings is 2. The molecule has 3 nitrogen and oxygen atoms in total. The molecule has 0 aliphatic carbocycles. The molecular weight excluding hydrogens is 320 g/mol. The van der Waals surface area contributed by atoms with Gasteiger partial charge in [0.25, 0.3) is 0 Å². The minimum Gasteiger partial charge on any atom is -0.490 e. The Balaban J connectivity index is 1.70. The monoisotopic (exact) mass is 334 g/mol. The first-order valence-corrected chi connectivity index (χ1v) is 8.40. The number of Topliss-reactive ketones (excluding diaryl/α,β-unsaturated/α-hetero) is 1. The third kappa shape index (κ3) is 3.57. The number of rotatable bonds is 4. The molecular formula is C17H15ClO3S. The number of halogens is 1. The van der Waals surface area contributed by atoms with Crippen LogP contribution in [0.2, 0.25) is 5.02 Å². The average Bonchev–Trinajstić information content (AvgIpc) is 2.78. The maximum atomic E-state index is 12.3. The van der Waals surface area contributed by atoms with Crippen molar-refractivity contribution < 1.29 is 14.3 Å². The molecule has 0 saturated heterocycles. The minimum atomic E-state index is 0.0422. The number of thioether (sulfide) groups is 1. The molecule has 0 unspecified atom stereocenters. The van der Waals surface area contributed by atoms with E-state index in [-0.39, 0.29) is 5.78 Å². The highest BCUT2D eigenvalue weighted by atomic mass is 35.5. The van der Waals surface area contributed by atoms with E-state index in [1.807, 2.05) is 24.3 Å². The molecule has 0 bridgehead atoms. The predicted octanol–water partition coefficient (Wildman–Crippen LogP) is 4.48. The molecule has 1 aliphatic heterocycles. The molecule has 5 heteroatoms. The molecule has 1 heterocycles. The van der Waals surface area contributed by atoms with Crippen LogP contribution in [0.4, 0.5) is 0 Å². The van der Waals surface area contributed by atoms with Crippen molar-refractivity contribution in [3.05, 3.63) is 53.1 Å². The minimum absolute atomic E-state index is 0.0422. The molecule has 2 aromatic carbocycles. The molecule has 0 N–H and O–H groups in total. The first kappa shape index (κ1) is 15.3. The zero-order valence-electron chi connectivity index (χ0n) is 11.9. The van der Waals surface area contributed by atoms with Crippen LogP contribution in [-0.2, 0) is 0 Å². The van der Waals surface area contributed by atoms with Crippen LogP contribution in [-0.4, -0.2) is 24.7 Å². The highest BCUT2D eigenvalue weighted by Crippen LogP contribution is 2.32. The highest BCUT2D eigenvalue weighted by Gasteiger charge is 2.14. The van der Waals surface area contributed by atoms with Gasteiger partial charge in [-0.1, -0.05) is 23.7 Å². The second-order valence-corrected chi connectivity index (χ2v) is 6.28. The summed E-state index contributed by atoms with van der Waals surface area (Å²) in [5, 5.41) is 0.666. The first-order valence-electron chi connectivity index (χ1n) is 7.04. The Labute approximate surface area is 138 Å². The Morgan fingerprint density at radius 1 is 1.09 bits per heavy atom. The van der Waals surface area contributed by atoms with Gasteiger partial charge in [0.1, 0.15) is 0 Å². The summed E-state index contributed by atoms with van der Waals surface area (Å²) >= 11 is 7.54. The van der Waals surface area contributed by atoms with E-state index in [1.165, 1.54) is 11.8 Å². The zero-order chi connectivity index (χ0) is 15.4. The number of ketones is 1. The van der Waals surface area contributed by atoms with Crippen molar-refractivity contribution >= 4 is 29.1 Å². The van der Waals surface area contributed by atoms with Crippen LogP contribution < -0.4 is 9.47 Å². The summed E-state index contributed by atoms with van der Waals surface area (Å²) in [5.41, 5.74) is 0.629. The number of hydrogen-bond donors (Lipinski definition) is 0. The number of carbonyl (C=O) groups is 1. The van der Waals surface area contributed by atoms with Gasteiger partial charge in [0.15, 0.2) is 17.3 Å². The summed E-state index contributed by atoms with van der Waals surface area (Å²) in [5.74, 6) is 1.73. The van der Waals surface area contributed by atoms with Gasteiger partial charge in [-0.15, -0.1) is 11.8 Å². The Morgan fingerprint density at radius 3 is 2.68 bits per heavy atom. The molecule has 0 aromatic heterocycles. The van der Waals surface area contributed by atoms with Crippen LogP contribution >= 0.6 is 23.4 Å². The standard InChI is InChI=1S/C17H15ClO3S/c18-13-4-1-2-5-17(13)22-11-14(19)12-6-7-15-16(10-12)21-9-3-8-20-15/h1-2,4-7,10H,3,8-9,11H2. The van der Waals surface area contributed by atoms with Gasteiger partial charge in [0.05, 0.1) is 24.0 Å². The van der Waals surface area contributed by atoms with E-state index in [0.717, 1.165) is 11.3 Å². The zero-order valence-corrected chi connectivity index (χ0v) is 13.5. The molecule has 114 valence electrons. The molecule has 0 saturated carbocycles. The van der Waals surface area contributed by atoms with Crippen molar-refractivity contribution in [3.63, 3.8) is 0 Å². The van der Waals surface area contributed by atoms with Crippen molar-refractivity contribution in [2.75, 3.05) is 19.0 Å². The Morgan fingerprint density at radius 2 is 1.86 bits per heavy atom. The molecule has 2 aromatic rings. The molecule has 3 rings (SSSR count). The maximum absolute atomic E-state index is 12.3. The van der Waals surface area contributed by atoms with Crippen molar-refractivity contribution in [2.45, 2.75) is 11.3 Å². The van der Waals surface area contributed by atoms with E-state index in [1.54, 1.807) is 18.2 Å². The Hall–Kier alpha value is -1.65. The quantitative estimate of drug-likeness (QED) is 0.610. The number of fused-ring (bicyclic) bond motifs is 1. The van der Waals surface area contributed by atoms with E-state index in [4.69, 9.17) is 21.1 Å². The smallest absolute Gasteiger partial charge is 0.173 e. The second kappa shape index (κ2) is 7.07. The topological polar surface area (TPSA) is 35.5 Å². The normalized spacial score (nSPS) is 13.5. The van der Waals surface area contributed by atoms with E-state index in [2.05, 4.69) is 0 Å². The average molecular weight is 335 g/mol. The number of ether oxygens (including phenoxy) is 2. The van der Waals surface area contributed by atoms with Crippen LogP contribution in [0.1, 0.15) is 16.8 Å². The highest BCUT2D eigenvalue weighted by molar-refractivity contribution is 8.00. The van der Waals surface area contributed by atoms with E-state index >= 15 is 0 Å². The summed E-state index contributed by atoms with van der Waals surface area (Å²) < 4.78 is 11.2. The lowest BCUT2D eigenvalue weighted by Gasteiger charge is -2.09. The summed E-state index contributed by atoms with van der Waals surface area (Å²) in [4.78, 5) is 13.2. The van der Waals surface area contributed by atoms with Gasteiger partial charge in [0, 0.05) is 16.9 Å². The number of carbonyl (C=O) groups excluding carboxylic acids is 1. The summed E-state index contributed by atoms with van der Waals surface area (Å²) in [6, 6.07) is 12.9. The molecule has 1 aliphatic rings. The van der Waals surface area contributed by atoms with Crippen LogP contribution in [0.15, 0.2) is 47.4 Å². The lowest BCUT2D eigenvalue weighted by molar-refractivity contribution is 0.102. The molecule has 22 heavy (non-hydrogen) atoms. The van der Waals surface area contributed by atoms with E-state index in [0.29, 0.717) is 41.1 Å². The Kier molecular flexibility index (Phi) is 4.90. The maximum Gasteiger partial charge on any atom is 0.173 e. The van der Waals surface area contributed by atoms with Crippen LogP contribution in [0.25, 0.3) is 0 Å². The molecule has 0 amide bonds. The Bertz CT molecular complexity index is 687. The predicted molar refractivity (Wildman–Crippen MR) is 88.6 cm³/mol. The van der Waals surface area contributed by atoms with Gasteiger partial charge in [0.2, 0.25) is 0 Å². The fourth-order valence-corrected chi connectivity index (χ4v) is 3.26. The van der Waals surface area contributed by atoms with Gasteiger partial charge >= 0.3 is 0 Å². The van der Waals surface area contributed by atoms with Crippen molar-refractivity contribution in [2.24, 2.45) is 0 Å². The van der Waals surface area contributed by atoms with E-state index in [9.17, 15) is 4.79 Å². The van der Waals surface area contributed by atoms with Gasteiger partial charge in [-0.3, -0.25) is 4.79 Å². The van der Waals surface area contributed by atoms with Crippen molar-refractivity contribution in [3.8, 4) is 11.5 Å². The molecule has 0 fully saturated rings. The van der Waals surface area contributed by atoms with E-state index < -0.39 is 0 Å². The molecule has 0 radical (unpaired) electrons. The SMILES string of the molecule is O=C(CSc1ccccc1Cl)c1ccc2c(c1)OCCCO2. The third-order valence-electron chi connectivity index (χ3n) is 3.26. The lowest BCUT2D eigenvalue weighted by atomic mass is 10.1. The van der Waals surface area contributed by atoms with Crippen LogP contribution in [0, 0.1) is 0 Å². The van der Waals surface area contributed by atoms with Gasteiger partial charge < -0.3 is 9.47 Å². The van der Waals surface area contributed by atoms with Crippen LogP contribution in [0.5, 0.6) is 11.5 Å². The fourth-order valence-electron chi connectivity index (χ4n) is 2.13. The first-order chi connectivity index (χ1) is 10.7. The van der Waals surface area contributed by atoms with Gasteiger partial charge in [-0.05, 0) is 30.3 Å². The largest absolute Gasteiger partial charge is 0.490 e. The third-order valence-corrected chi connectivity index (χ3v) is 4.78. The summed E-state index contributed by atoms with van der Waals surface area (Å²) in [7, 11) is 0. The van der Waals surface area contributed by atoms with Crippen molar-refractivity contribution in [1.29, 1.82) is 0 Å². The van der Waals surface area contributed by atoms with Crippen molar-refractivity contribution in [1.82, 2.24) is 0 Å². The van der Waals surface area contributed by atoms with Gasteiger partial charge in [-0.25, -0.2) is 0 Å². The summed E-state index contributed by atoms with van der Waals surface area (Å²) in [6.45, 7) is 1.25. The second-order valence-electron chi connectivity index (χ2n) is 4.85. The van der Waals surface area contributed by atoms with Gasteiger partial charge in [-0.2, -0.15) is 0 Å². The lowest BCUT2D eigenvalue weighted by Crippen LogP contribution is -2.03. The molecule has 0 spiro atoms. The summed E-state index contributed by atoms with van der Waals surface area (Å²) in [6.07, 6.45) is 0.848. The van der Waals surface area contributed by atoms with Crippen LogP contribution in [0.3, 0.4) is 0 Å². The number of hydrogen-bond acceptors (Lipinski definition) is 4. The molecule has 0 atom stereocenters. The fraction of sp³-hybridized carbons (Fsp3) is 0.235.